The fourth-order valence-electron chi connectivity index (χ4n) is 2.36. The lowest BCUT2D eigenvalue weighted by Gasteiger charge is -2.17. The molecule has 0 saturated carbocycles. The van der Waals surface area contributed by atoms with Crippen LogP contribution in [0.5, 0.6) is 0 Å². The molecule has 1 aromatic heterocycles. The minimum absolute atomic E-state index is 0.0305. The summed E-state index contributed by atoms with van der Waals surface area (Å²) in [4.78, 5) is 37.2. The summed E-state index contributed by atoms with van der Waals surface area (Å²) in [7, 11) is 0. The lowest BCUT2D eigenvalue weighted by atomic mass is 10.1. The highest BCUT2D eigenvalue weighted by molar-refractivity contribution is 7.98. The first-order valence-electron chi connectivity index (χ1n) is 7.58. The first-order chi connectivity index (χ1) is 11.5. The molecule has 9 heteroatoms. The molecule has 24 heavy (non-hydrogen) atoms. The molecular formula is C15H21N3O5S. The fraction of sp³-hybridized carbons (Fsp3) is 0.533. The van der Waals surface area contributed by atoms with Gasteiger partial charge in [0.2, 0.25) is 5.91 Å². The minimum Gasteiger partial charge on any atom is -0.467 e. The van der Waals surface area contributed by atoms with Crippen LogP contribution < -0.4 is 10.6 Å². The second kappa shape index (κ2) is 8.74. The van der Waals surface area contributed by atoms with Crippen LogP contribution in [0.2, 0.25) is 0 Å². The third-order valence-corrected chi connectivity index (χ3v) is 4.29. The average molecular weight is 355 g/mol. The third-order valence-electron chi connectivity index (χ3n) is 3.65. The lowest BCUT2D eigenvalue weighted by Crippen LogP contribution is -2.42. The molecule has 132 valence electrons. The van der Waals surface area contributed by atoms with E-state index < -0.39 is 18.0 Å². The van der Waals surface area contributed by atoms with Gasteiger partial charge in [0, 0.05) is 0 Å². The maximum atomic E-state index is 12.3. The van der Waals surface area contributed by atoms with Crippen LogP contribution in [0, 0.1) is 0 Å². The molecule has 2 atom stereocenters. The molecule has 0 bridgehead atoms. The smallest absolute Gasteiger partial charge is 0.325 e. The number of urea groups is 1. The van der Waals surface area contributed by atoms with Gasteiger partial charge in [-0.1, -0.05) is 0 Å². The van der Waals surface area contributed by atoms with E-state index in [1.54, 1.807) is 23.9 Å². The van der Waals surface area contributed by atoms with E-state index in [9.17, 15) is 19.5 Å². The Morgan fingerprint density at radius 1 is 1.54 bits per heavy atom. The topological polar surface area (TPSA) is 112 Å². The number of rotatable bonds is 9. The molecule has 0 radical (unpaired) electrons. The van der Waals surface area contributed by atoms with E-state index in [2.05, 4.69) is 10.6 Å². The van der Waals surface area contributed by atoms with Crippen LogP contribution in [0.25, 0.3) is 0 Å². The molecule has 1 aliphatic heterocycles. The van der Waals surface area contributed by atoms with Crippen LogP contribution in [-0.4, -0.2) is 58.6 Å². The number of aliphatic hydroxyl groups excluding tert-OH is 1. The summed E-state index contributed by atoms with van der Waals surface area (Å²) in [5.74, 6) is 0.451. The van der Waals surface area contributed by atoms with Crippen molar-refractivity contribution in [2.45, 2.75) is 31.5 Å². The molecule has 0 unspecified atom stereocenters. The number of thioether (sulfide) groups is 1. The Morgan fingerprint density at radius 2 is 2.33 bits per heavy atom. The van der Waals surface area contributed by atoms with E-state index in [1.807, 2.05) is 6.26 Å². The van der Waals surface area contributed by atoms with E-state index in [1.165, 1.54) is 6.26 Å². The Hall–Kier alpha value is -2.00. The summed E-state index contributed by atoms with van der Waals surface area (Å²) in [6, 6.07) is 1.54. The molecule has 0 aromatic carbocycles. The van der Waals surface area contributed by atoms with Crippen molar-refractivity contribution in [2.24, 2.45) is 0 Å². The van der Waals surface area contributed by atoms with Gasteiger partial charge in [-0.3, -0.25) is 14.5 Å². The van der Waals surface area contributed by atoms with Gasteiger partial charge in [0.15, 0.2) is 0 Å². The molecule has 2 rings (SSSR count). The fourth-order valence-corrected chi connectivity index (χ4v) is 2.88. The van der Waals surface area contributed by atoms with E-state index >= 15 is 0 Å². The Labute approximate surface area is 143 Å². The van der Waals surface area contributed by atoms with Gasteiger partial charge in [0.05, 0.1) is 31.9 Å². The van der Waals surface area contributed by atoms with Gasteiger partial charge in [-0.15, -0.1) is 0 Å². The molecule has 1 aromatic rings. The summed E-state index contributed by atoms with van der Waals surface area (Å²) in [5, 5.41) is 14.4. The Bertz CT molecular complexity index is 578. The number of furan rings is 1. The van der Waals surface area contributed by atoms with Crippen molar-refractivity contribution in [3.05, 3.63) is 24.2 Å². The number of hydrogen-bond donors (Lipinski definition) is 3. The van der Waals surface area contributed by atoms with Crippen molar-refractivity contribution < 1.29 is 23.9 Å². The number of hydrogen-bond acceptors (Lipinski definition) is 6. The molecule has 8 nitrogen and oxygen atoms in total. The van der Waals surface area contributed by atoms with Crippen molar-refractivity contribution in [1.82, 2.24) is 15.5 Å². The predicted molar refractivity (Wildman–Crippen MR) is 88.2 cm³/mol. The van der Waals surface area contributed by atoms with E-state index in [-0.39, 0.29) is 31.5 Å². The maximum Gasteiger partial charge on any atom is 0.325 e. The zero-order valence-corrected chi connectivity index (χ0v) is 14.2. The summed E-state index contributed by atoms with van der Waals surface area (Å²) in [6.07, 6.45) is 3.88. The number of imide groups is 1. The lowest BCUT2D eigenvalue weighted by molar-refractivity contribution is -0.131. The van der Waals surface area contributed by atoms with Crippen molar-refractivity contribution in [1.29, 1.82) is 0 Å². The van der Waals surface area contributed by atoms with Gasteiger partial charge < -0.3 is 20.2 Å². The Morgan fingerprint density at radius 3 is 2.96 bits per heavy atom. The number of nitrogens with one attached hydrogen (secondary N) is 2. The van der Waals surface area contributed by atoms with Crippen molar-refractivity contribution >= 4 is 29.6 Å². The summed E-state index contributed by atoms with van der Waals surface area (Å²) in [6.45, 7) is -0.134. The van der Waals surface area contributed by atoms with Crippen molar-refractivity contribution in [3.63, 3.8) is 0 Å². The van der Waals surface area contributed by atoms with Gasteiger partial charge in [0.25, 0.3) is 5.91 Å². The van der Waals surface area contributed by atoms with Gasteiger partial charge in [-0.05, 0) is 30.6 Å². The quantitative estimate of drug-likeness (QED) is 0.550. The van der Waals surface area contributed by atoms with Gasteiger partial charge >= 0.3 is 6.03 Å². The van der Waals surface area contributed by atoms with Crippen LogP contribution in [0.1, 0.15) is 18.6 Å². The van der Waals surface area contributed by atoms with Crippen LogP contribution in [0.4, 0.5) is 4.79 Å². The zero-order chi connectivity index (χ0) is 17.5. The highest BCUT2D eigenvalue weighted by atomic mass is 32.2. The van der Waals surface area contributed by atoms with Crippen molar-refractivity contribution in [3.8, 4) is 0 Å². The van der Waals surface area contributed by atoms with E-state index in [0.29, 0.717) is 12.2 Å². The van der Waals surface area contributed by atoms with Gasteiger partial charge in [-0.25, -0.2) is 4.79 Å². The predicted octanol–water partition coefficient (Wildman–Crippen LogP) is 0.320. The molecule has 4 amide bonds. The highest BCUT2D eigenvalue weighted by Crippen LogP contribution is 2.14. The van der Waals surface area contributed by atoms with Crippen LogP contribution >= 0.6 is 11.8 Å². The standard InChI is InChI=1S/C15H21N3O5S/c1-24-6-4-10(9-19)16-13(20)7-12-14(21)18(15(22)17-12)8-11-3-2-5-23-11/h2-3,5,10,12,19H,4,6-9H2,1H3,(H,16,20)(H,17,22)/t10-,12-/m1/s1. The van der Waals surface area contributed by atoms with Crippen LogP contribution in [0.3, 0.4) is 0 Å². The Balaban J connectivity index is 1.87. The number of nitrogens with zero attached hydrogens (tertiary/aromatic N) is 1. The first-order valence-corrected chi connectivity index (χ1v) is 8.98. The second-order valence-corrected chi connectivity index (χ2v) is 6.42. The number of aliphatic hydroxyl groups is 1. The summed E-state index contributed by atoms with van der Waals surface area (Å²) in [5.41, 5.74) is 0. The van der Waals surface area contributed by atoms with Crippen molar-refractivity contribution in [2.75, 3.05) is 18.6 Å². The largest absolute Gasteiger partial charge is 0.467 e. The molecule has 0 spiro atoms. The molecule has 1 fully saturated rings. The van der Waals surface area contributed by atoms with Crippen LogP contribution in [-0.2, 0) is 16.1 Å². The molecule has 2 heterocycles. The second-order valence-electron chi connectivity index (χ2n) is 5.44. The molecule has 3 N–H and O–H groups in total. The number of carbonyl (C=O) groups excluding carboxylic acids is 3. The SMILES string of the molecule is CSCC[C@H](CO)NC(=O)C[C@H]1NC(=O)N(Cc2ccco2)C1=O. The van der Waals surface area contributed by atoms with Gasteiger partial charge in [-0.2, -0.15) is 11.8 Å². The first kappa shape index (κ1) is 18.3. The zero-order valence-electron chi connectivity index (χ0n) is 13.4. The molecule has 1 saturated heterocycles. The Kier molecular flexibility index (Phi) is 6.68. The molecule has 1 aliphatic rings. The summed E-state index contributed by atoms with van der Waals surface area (Å²) < 4.78 is 5.13. The van der Waals surface area contributed by atoms with E-state index in [0.717, 1.165) is 10.7 Å². The third kappa shape index (κ3) is 4.75. The average Bonchev–Trinajstić information content (AvgIpc) is 3.16. The maximum absolute atomic E-state index is 12.3. The van der Waals surface area contributed by atoms with Crippen LogP contribution in [0.15, 0.2) is 22.8 Å². The summed E-state index contributed by atoms with van der Waals surface area (Å²) >= 11 is 1.62. The molecule has 0 aliphatic carbocycles. The number of carbonyl (C=O) groups is 3. The minimum atomic E-state index is -0.896. The van der Waals surface area contributed by atoms with E-state index in [4.69, 9.17) is 4.42 Å². The molecular weight excluding hydrogens is 334 g/mol. The monoisotopic (exact) mass is 355 g/mol. The normalized spacial score (nSPS) is 18.6. The highest BCUT2D eigenvalue weighted by Gasteiger charge is 2.39. The number of amides is 4. The van der Waals surface area contributed by atoms with Gasteiger partial charge in [0.1, 0.15) is 11.8 Å².